The van der Waals surface area contributed by atoms with Crippen LogP contribution < -0.4 is 4.74 Å². The standard InChI is InChI=1S/C17H14ClN5OS/c1-24-14-5-2-11(3-6-14)16-20-17(22-21-16)25-10-13-9-23-8-12(18)4-7-15(23)19-13/h2-9H,10H2,1H3,(H,20,21,22). The number of aromatic amines is 1. The Morgan fingerprint density at radius 2 is 1.96 bits per heavy atom. The summed E-state index contributed by atoms with van der Waals surface area (Å²) in [6.07, 6.45) is 3.80. The minimum atomic E-state index is 0.680. The highest BCUT2D eigenvalue weighted by molar-refractivity contribution is 7.98. The predicted molar refractivity (Wildman–Crippen MR) is 98.1 cm³/mol. The van der Waals surface area contributed by atoms with Crippen LogP contribution in [0.25, 0.3) is 17.0 Å². The van der Waals surface area contributed by atoms with Crippen molar-refractivity contribution in [1.82, 2.24) is 24.6 Å². The van der Waals surface area contributed by atoms with Crippen LogP contribution in [-0.2, 0) is 5.75 Å². The number of ether oxygens (including phenoxy) is 1. The smallest absolute Gasteiger partial charge is 0.209 e. The topological polar surface area (TPSA) is 68.1 Å². The van der Waals surface area contributed by atoms with Crippen molar-refractivity contribution in [2.75, 3.05) is 7.11 Å². The fourth-order valence-corrected chi connectivity index (χ4v) is 3.26. The van der Waals surface area contributed by atoms with Gasteiger partial charge in [-0.05, 0) is 36.4 Å². The van der Waals surface area contributed by atoms with Gasteiger partial charge in [0.05, 0.1) is 17.8 Å². The minimum absolute atomic E-state index is 0.680. The summed E-state index contributed by atoms with van der Waals surface area (Å²) >= 11 is 7.52. The van der Waals surface area contributed by atoms with Crippen LogP contribution in [0.1, 0.15) is 5.69 Å². The average molecular weight is 372 g/mol. The van der Waals surface area contributed by atoms with E-state index < -0.39 is 0 Å². The predicted octanol–water partition coefficient (Wildman–Crippen LogP) is 4.07. The van der Waals surface area contributed by atoms with E-state index in [2.05, 4.69) is 20.2 Å². The van der Waals surface area contributed by atoms with Crippen LogP contribution in [0.5, 0.6) is 5.75 Å². The number of hydrogen-bond donors (Lipinski definition) is 1. The molecule has 0 aliphatic heterocycles. The van der Waals surface area contributed by atoms with Crippen molar-refractivity contribution in [2.45, 2.75) is 10.9 Å². The molecule has 3 aromatic heterocycles. The Morgan fingerprint density at radius 3 is 2.76 bits per heavy atom. The fraction of sp³-hybridized carbons (Fsp3) is 0.118. The van der Waals surface area contributed by atoms with Crippen LogP contribution in [0, 0.1) is 0 Å². The van der Waals surface area contributed by atoms with Crippen molar-refractivity contribution < 1.29 is 4.74 Å². The Balaban J connectivity index is 1.46. The molecule has 0 aliphatic rings. The highest BCUT2D eigenvalue weighted by Crippen LogP contribution is 2.24. The molecule has 0 unspecified atom stereocenters. The van der Waals surface area contributed by atoms with Crippen molar-refractivity contribution >= 4 is 29.0 Å². The lowest BCUT2D eigenvalue weighted by atomic mass is 10.2. The number of H-pyrrole nitrogens is 1. The van der Waals surface area contributed by atoms with Crippen molar-refractivity contribution in [3.63, 3.8) is 0 Å². The maximum absolute atomic E-state index is 6.00. The Labute approximate surface area is 153 Å². The highest BCUT2D eigenvalue weighted by atomic mass is 35.5. The number of methoxy groups -OCH3 is 1. The quantitative estimate of drug-likeness (QED) is 0.535. The van der Waals surface area contributed by atoms with Gasteiger partial charge in [-0.25, -0.2) is 9.97 Å². The van der Waals surface area contributed by atoms with Crippen molar-refractivity contribution in [1.29, 1.82) is 0 Å². The summed E-state index contributed by atoms with van der Waals surface area (Å²) in [5.74, 6) is 2.22. The number of hydrogen-bond acceptors (Lipinski definition) is 5. The second kappa shape index (κ2) is 6.78. The second-order valence-electron chi connectivity index (χ2n) is 5.33. The van der Waals surface area contributed by atoms with Gasteiger partial charge in [-0.15, -0.1) is 5.10 Å². The van der Waals surface area contributed by atoms with Gasteiger partial charge in [0.2, 0.25) is 5.16 Å². The first kappa shape index (κ1) is 16.0. The van der Waals surface area contributed by atoms with Crippen LogP contribution in [0.4, 0.5) is 0 Å². The number of imidazole rings is 1. The van der Waals surface area contributed by atoms with Gasteiger partial charge in [0.15, 0.2) is 5.82 Å². The van der Waals surface area contributed by atoms with Crippen LogP contribution in [0.15, 0.2) is 53.9 Å². The summed E-state index contributed by atoms with van der Waals surface area (Å²) in [6.45, 7) is 0. The van der Waals surface area contributed by atoms with Gasteiger partial charge in [0, 0.05) is 23.7 Å². The lowest BCUT2D eigenvalue weighted by molar-refractivity contribution is 0.415. The highest BCUT2D eigenvalue weighted by Gasteiger charge is 2.08. The van der Waals surface area contributed by atoms with E-state index in [0.29, 0.717) is 15.9 Å². The van der Waals surface area contributed by atoms with E-state index in [0.717, 1.165) is 28.5 Å². The third-order valence-corrected chi connectivity index (χ3v) is 4.75. The molecule has 8 heteroatoms. The van der Waals surface area contributed by atoms with E-state index in [4.69, 9.17) is 16.3 Å². The van der Waals surface area contributed by atoms with E-state index in [1.165, 1.54) is 11.8 Å². The zero-order valence-corrected chi connectivity index (χ0v) is 14.9. The Kier molecular flexibility index (Phi) is 4.33. The SMILES string of the molecule is COc1ccc(-c2nc(SCc3cn4cc(Cl)ccc4n3)n[nH]2)cc1. The summed E-state index contributed by atoms with van der Waals surface area (Å²) < 4.78 is 7.08. The van der Waals surface area contributed by atoms with E-state index in [1.807, 2.05) is 53.2 Å². The third-order valence-electron chi connectivity index (χ3n) is 3.64. The minimum Gasteiger partial charge on any atom is -0.497 e. The maximum Gasteiger partial charge on any atom is 0.209 e. The molecule has 0 fully saturated rings. The molecule has 0 aliphatic carbocycles. The molecule has 0 saturated carbocycles. The zero-order chi connectivity index (χ0) is 17.2. The molecular weight excluding hydrogens is 358 g/mol. The molecular formula is C17H14ClN5OS. The first-order valence-electron chi connectivity index (χ1n) is 7.54. The van der Waals surface area contributed by atoms with Gasteiger partial charge in [-0.1, -0.05) is 23.4 Å². The number of nitrogens with one attached hydrogen (secondary N) is 1. The molecule has 6 nitrogen and oxygen atoms in total. The summed E-state index contributed by atoms with van der Waals surface area (Å²) in [4.78, 5) is 9.08. The molecule has 4 aromatic rings. The van der Waals surface area contributed by atoms with Crippen molar-refractivity contribution in [2.24, 2.45) is 0 Å². The van der Waals surface area contributed by atoms with Gasteiger partial charge < -0.3 is 9.14 Å². The molecule has 0 atom stereocenters. The fourth-order valence-electron chi connectivity index (χ4n) is 2.41. The molecule has 25 heavy (non-hydrogen) atoms. The average Bonchev–Trinajstić information content (AvgIpc) is 3.26. The maximum atomic E-state index is 6.00. The monoisotopic (exact) mass is 371 g/mol. The van der Waals surface area contributed by atoms with E-state index in [9.17, 15) is 0 Å². The number of pyridine rings is 1. The van der Waals surface area contributed by atoms with E-state index >= 15 is 0 Å². The molecule has 0 bridgehead atoms. The van der Waals surface area contributed by atoms with Crippen LogP contribution in [0.2, 0.25) is 5.02 Å². The molecule has 3 heterocycles. The summed E-state index contributed by atoms with van der Waals surface area (Å²) in [5.41, 5.74) is 2.78. The first-order valence-corrected chi connectivity index (χ1v) is 8.90. The normalized spacial score (nSPS) is 11.1. The first-order chi connectivity index (χ1) is 12.2. The van der Waals surface area contributed by atoms with Gasteiger partial charge >= 0.3 is 0 Å². The lowest BCUT2D eigenvalue weighted by Gasteiger charge is -1.99. The molecule has 0 amide bonds. The molecule has 0 saturated heterocycles. The molecule has 1 N–H and O–H groups in total. The van der Waals surface area contributed by atoms with E-state index in [1.54, 1.807) is 7.11 Å². The number of halogens is 1. The van der Waals surface area contributed by atoms with Gasteiger partial charge in [0.25, 0.3) is 0 Å². The second-order valence-corrected chi connectivity index (χ2v) is 6.71. The number of fused-ring (bicyclic) bond motifs is 1. The molecule has 1 aromatic carbocycles. The van der Waals surface area contributed by atoms with Gasteiger partial charge in [-0.2, -0.15) is 0 Å². The summed E-state index contributed by atoms with van der Waals surface area (Å²) in [7, 11) is 1.64. The number of thioether (sulfide) groups is 1. The summed E-state index contributed by atoms with van der Waals surface area (Å²) in [6, 6.07) is 11.4. The zero-order valence-electron chi connectivity index (χ0n) is 13.3. The number of rotatable bonds is 5. The van der Waals surface area contributed by atoms with Gasteiger partial charge in [-0.3, -0.25) is 5.10 Å². The molecule has 0 spiro atoms. The number of benzene rings is 1. The Morgan fingerprint density at radius 1 is 1.12 bits per heavy atom. The lowest BCUT2D eigenvalue weighted by Crippen LogP contribution is -1.84. The molecule has 126 valence electrons. The summed E-state index contributed by atoms with van der Waals surface area (Å²) in [5, 5.41) is 8.59. The van der Waals surface area contributed by atoms with Crippen LogP contribution in [-0.4, -0.2) is 31.7 Å². The number of aromatic nitrogens is 5. The Bertz CT molecular complexity index is 1010. The third kappa shape index (κ3) is 3.47. The van der Waals surface area contributed by atoms with Crippen LogP contribution in [0.3, 0.4) is 0 Å². The van der Waals surface area contributed by atoms with Crippen molar-refractivity contribution in [3.8, 4) is 17.1 Å². The molecule has 4 rings (SSSR count). The van der Waals surface area contributed by atoms with Crippen LogP contribution >= 0.6 is 23.4 Å². The molecule has 0 radical (unpaired) electrons. The Hall–Kier alpha value is -2.51. The van der Waals surface area contributed by atoms with E-state index in [-0.39, 0.29) is 0 Å². The number of nitrogens with zero attached hydrogens (tertiary/aromatic N) is 4. The van der Waals surface area contributed by atoms with Crippen molar-refractivity contribution in [3.05, 3.63) is 59.5 Å². The van der Waals surface area contributed by atoms with Gasteiger partial charge in [0.1, 0.15) is 11.4 Å². The largest absolute Gasteiger partial charge is 0.497 e.